The number of oxime groups is 1. The summed E-state index contributed by atoms with van der Waals surface area (Å²) in [4.78, 5) is 4.27. The van der Waals surface area contributed by atoms with Gasteiger partial charge in [0, 0.05) is 10.0 Å². The summed E-state index contributed by atoms with van der Waals surface area (Å²) in [5.74, 6) is -1.38. The fourth-order valence-electron chi connectivity index (χ4n) is 1.02. The summed E-state index contributed by atoms with van der Waals surface area (Å²) in [6.45, 7) is 0. The fraction of sp³-hybridized carbons (Fsp3) is 0.222. The van der Waals surface area contributed by atoms with E-state index in [4.69, 9.17) is 0 Å². The van der Waals surface area contributed by atoms with Crippen LogP contribution in [0.5, 0.6) is 0 Å². The summed E-state index contributed by atoms with van der Waals surface area (Å²) < 4.78 is 50.7. The first-order valence-electron chi connectivity index (χ1n) is 3.99. The first-order valence-corrected chi connectivity index (χ1v) is 4.78. The van der Waals surface area contributed by atoms with Gasteiger partial charge < -0.3 is 4.84 Å². The molecular weight excluding hydrogens is 294 g/mol. The molecule has 0 saturated heterocycles. The summed E-state index contributed by atoms with van der Waals surface area (Å²) in [7, 11) is 1.21. The van der Waals surface area contributed by atoms with Crippen molar-refractivity contribution < 1.29 is 22.4 Å². The van der Waals surface area contributed by atoms with Crippen molar-refractivity contribution in [2.24, 2.45) is 5.16 Å². The Labute approximate surface area is 97.0 Å². The van der Waals surface area contributed by atoms with E-state index in [1.807, 2.05) is 0 Å². The molecule has 0 atom stereocenters. The van der Waals surface area contributed by atoms with E-state index in [-0.39, 0.29) is 10.0 Å². The fourth-order valence-corrected chi connectivity index (χ4v) is 1.50. The highest BCUT2D eigenvalue weighted by atomic mass is 79.9. The third-order valence-electron chi connectivity index (χ3n) is 1.67. The van der Waals surface area contributed by atoms with Crippen LogP contribution in [0.15, 0.2) is 21.8 Å². The Morgan fingerprint density at radius 3 is 2.50 bits per heavy atom. The molecule has 0 heterocycles. The quantitative estimate of drug-likeness (QED) is 0.465. The molecular formula is C9H6BrF4NO. The van der Waals surface area contributed by atoms with Crippen molar-refractivity contribution in [2.75, 3.05) is 7.11 Å². The Balaban J connectivity index is 3.32. The van der Waals surface area contributed by atoms with Gasteiger partial charge in [0.15, 0.2) is 0 Å². The largest absolute Gasteiger partial charge is 0.419 e. The first-order chi connectivity index (χ1) is 7.36. The molecule has 0 radical (unpaired) electrons. The molecule has 1 aromatic carbocycles. The van der Waals surface area contributed by atoms with Crippen molar-refractivity contribution in [3.05, 3.63) is 33.5 Å². The minimum atomic E-state index is -4.75. The van der Waals surface area contributed by atoms with Gasteiger partial charge in [-0.3, -0.25) is 0 Å². The molecule has 0 unspecified atom stereocenters. The molecule has 1 aromatic rings. The molecule has 88 valence electrons. The van der Waals surface area contributed by atoms with E-state index in [0.717, 1.165) is 6.21 Å². The molecule has 0 amide bonds. The number of halogens is 5. The molecule has 0 aliphatic heterocycles. The highest BCUT2D eigenvalue weighted by Crippen LogP contribution is 2.34. The second kappa shape index (κ2) is 4.82. The molecule has 7 heteroatoms. The molecule has 2 nitrogen and oxygen atoms in total. The van der Waals surface area contributed by atoms with Crippen LogP contribution in [0.25, 0.3) is 0 Å². The van der Waals surface area contributed by atoms with Crippen molar-refractivity contribution in [1.29, 1.82) is 0 Å². The van der Waals surface area contributed by atoms with Crippen LogP contribution >= 0.6 is 15.9 Å². The van der Waals surface area contributed by atoms with Gasteiger partial charge in [-0.05, 0) is 12.1 Å². The minimum Gasteiger partial charge on any atom is -0.399 e. The van der Waals surface area contributed by atoms with E-state index in [9.17, 15) is 17.6 Å². The Morgan fingerprint density at radius 1 is 1.38 bits per heavy atom. The lowest BCUT2D eigenvalue weighted by Crippen LogP contribution is -2.10. The maximum Gasteiger partial charge on any atom is 0.419 e. The number of nitrogens with zero attached hydrogens (tertiary/aromatic N) is 1. The summed E-state index contributed by atoms with van der Waals surface area (Å²) >= 11 is 2.86. The maximum absolute atomic E-state index is 13.4. The van der Waals surface area contributed by atoms with E-state index in [1.165, 1.54) is 13.2 Å². The van der Waals surface area contributed by atoms with Gasteiger partial charge in [0.25, 0.3) is 0 Å². The number of rotatable bonds is 2. The van der Waals surface area contributed by atoms with Crippen LogP contribution in [0.4, 0.5) is 17.6 Å². The molecule has 0 fully saturated rings. The SMILES string of the molecule is CO/N=C/c1cc(Br)cc(C(F)(F)F)c1F. The van der Waals surface area contributed by atoms with Gasteiger partial charge in [-0.1, -0.05) is 21.1 Å². The second-order valence-corrected chi connectivity index (χ2v) is 3.69. The Hall–Kier alpha value is -1.11. The molecule has 0 aromatic heterocycles. The summed E-state index contributed by atoms with van der Waals surface area (Å²) in [6, 6.07) is 1.84. The van der Waals surface area contributed by atoms with E-state index >= 15 is 0 Å². The molecule has 0 saturated carbocycles. The summed E-state index contributed by atoms with van der Waals surface area (Å²) in [5, 5.41) is 3.21. The molecule has 16 heavy (non-hydrogen) atoms. The van der Waals surface area contributed by atoms with Gasteiger partial charge >= 0.3 is 6.18 Å². The predicted molar refractivity (Wildman–Crippen MR) is 53.7 cm³/mol. The second-order valence-electron chi connectivity index (χ2n) is 2.77. The van der Waals surface area contributed by atoms with Crippen LogP contribution in [0, 0.1) is 5.82 Å². The lowest BCUT2D eigenvalue weighted by Gasteiger charge is -2.10. The molecule has 0 bridgehead atoms. The number of alkyl halides is 3. The monoisotopic (exact) mass is 299 g/mol. The highest BCUT2D eigenvalue weighted by molar-refractivity contribution is 9.10. The zero-order valence-corrected chi connectivity index (χ0v) is 9.56. The summed E-state index contributed by atoms with van der Waals surface area (Å²) in [5.41, 5.74) is -1.65. The van der Waals surface area contributed by atoms with Crippen LogP contribution in [-0.2, 0) is 11.0 Å². The molecule has 0 aliphatic rings. The number of hydrogen-bond donors (Lipinski definition) is 0. The summed E-state index contributed by atoms with van der Waals surface area (Å²) in [6.07, 6.45) is -3.88. The standard InChI is InChI=1S/C9H6BrF4NO/c1-16-15-4-5-2-6(10)3-7(8(5)11)9(12,13)14/h2-4H,1H3/b15-4+. The van der Waals surface area contributed by atoms with Crippen LogP contribution in [-0.4, -0.2) is 13.3 Å². The smallest absolute Gasteiger partial charge is 0.399 e. The van der Waals surface area contributed by atoms with Crippen molar-refractivity contribution in [1.82, 2.24) is 0 Å². The van der Waals surface area contributed by atoms with Gasteiger partial charge in [0.1, 0.15) is 12.9 Å². The van der Waals surface area contributed by atoms with E-state index in [0.29, 0.717) is 6.07 Å². The number of benzene rings is 1. The van der Waals surface area contributed by atoms with Gasteiger partial charge in [-0.25, -0.2) is 4.39 Å². The first kappa shape index (κ1) is 13.0. The van der Waals surface area contributed by atoms with Gasteiger partial charge in [0.2, 0.25) is 0 Å². The van der Waals surface area contributed by atoms with E-state index in [1.54, 1.807) is 0 Å². The average Bonchev–Trinajstić information content (AvgIpc) is 2.17. The van der Waals surface area contributed by atoms with Gasteiger partial charge in [0.05, 0.1) is 11.8 Å². The Morgan fingerprint density at radius 2 is 2.00 bits per heavy atom. The van der Waals surface area contributed by atoms with Gasteiger partial charge in [-0.15, -0.1) is 0 Å². The molecule has 1 rings (SSSR count). The predicted octanol–water partition coefficient (Wildman–Crippen LogP) is 3.59. The Bertz CT molecular complexity index is 417. The third-order valence-corrected chi connectivity index (χ3v) is 2.13. The van der Waals surface area contributed by atoms with Gasteiger partial charge in [-0.2, -0.15) is 13.2 Å². The van der Waals surface area contributed by atoms with Crippen molar-refractivity contribution in [3.8, 4) is 0 Å². The molecule has 0 aliphatic carbocycles. The van der Waals surface area contributed by atoms with E-state index in [2.05, 4.69) is 25.9 Å². The Kier molecular flexibility index (Phi) is 3.90. The number of hydrogen-bond acceptors (Lipinski definition) is 2. The zero-order chi connectivity index (χ0) is 12.3. The molecule has 0 spiro atoms. The lowest BCUT2D eigenvalue weighted by molar-refractivity contribution is -0.140. The van der Waals surface area contributed by atoms with Crippen LogP contribution in [0.1, 0.15) is 11.1 Å². The minimum absolute atomic E-state index is 0.110. The van der Waals surface area contributed by atoms with Crippen LogP contribution in [0.2, 0.25) is 0 Å². The molecule has 0 N–H and O–H groups in total. The van der Waals surface area contributed by atoms with Crippen LogP contribution < -0.4 is 0 Å². The highest BCUT2D eigenvalue weighted by Gasteiger charge is 2.35. The normalized spacial score (nSPS) is 12.1. The van der Waals surface area contributed by atoms with Crippen molar-refractivity contribution >= 4 is 22.1 Å². The third kappa shape index (κ3) is 2.94. The van der Waals surface area contributed by atoms with Crippen LogP contribution in [0.3, 0.4) is 0 Å². The maximum atomic E-state index is 13.4. The topological polar surface area (TPSA) is 21.6 Å². The van der Waals surface area contributed by atoms with Crippen molar-refractivity contribution in [2.45, 2.75) is 6.18 Å². The van der Waals surface area contributed by atoms with E-state index < -0.39 is 17.6 Å². The average molecular weight is 300 g/mol. The van der Waals surface area contributed by atoms with Crippen molar-refractivity contribution in [3.63, 3.8) is 0 Å². The lowest BCUT2D eigenvalue weighted by atomic mass is 10.1. The zero-order valence-electron chi connectivity index (χ0n) is 7.98.